The first-order valence-corrected chi connectivity index (χ1v) is 46.8. The van der Waals surface area contributed by atoms with Gasteiger partial charge in [-0.25, -0.2) is 0 Å². The molecule has 720 valence electrons. The van der Waals surface area contributed by atoms with Gasteiger partial charge in [-0.05, 0) is 118 Å². The van der Waals surface area contributed by atoms with Crippen LogP contribution in [0.5, 0.6) is 5.75 Å². The van der Waals surface area contributed by atoms with E-state index in [0.29, 0.717) is 77.3 Å². The van der Waals surface area contributed by atoms with E-state index in [-0.39, 0.29) is 100.0 Å². The van der Waals surface area contributed by atoms with E-state index in [4.69, 9.17) is 11.5 Å². The number of aromatic nitrogens is 2. The predicted molar refractivity (Wildman–Crippen MR) is 492 cm³/mol. The number of piperidine rings is 1. The monoisotopic (exact) mass is 1850 g/mol. The molecule has 4 fully saturated rings. The summed E-state index contributed by atoms with van der Waals surface area (Å²) < 4.78 is 0. The van der Waals surface area contributed by atoms with Crippen LogP contribution >= 0.6 is 11.8 Å². The van der Waals surface area contributed by atoms with Gasteiger partial charge >= 0.3 is 0 Å². The second-order valence-electron chi connectivity index (χ2n) is 35.6. The average molecular weight is 1850 g/mol. The van der Waals surface area contributed by atoms with E-state index in [1.807, 2.05) is 32.0 Å². The number of carbonyl (C=O) groups excluding carboxylic acids is 17. The fraction of sp³-hybridized carbons (Fsp3) is 0.576. The molecular weight excluding hydrogens is 1720 g/mol. The number of likely N-dealkylation sites (tertiary alicyclic amines) is 1. The van der Waals surface area contributed by atoms with Gasteiger partial charge in [-0.3, -0.25) is 81.5 Å². The minimum absolute atomic E-state index is 0.00625. The number of aliphatic hydroxyl groups excluding tert-OH is 1. The lowest BCUT2D eigenvalue weighted by atomic mass is 9.99. The number of primary amides is 1. The van der Waals surface area contributed by atoms with Crippen molar-refractivity contribution in [2.24, 2.45) is 23.3 Å². The number of aromatic amines is 2. The summed E-state index contributed by atoms with van der Waals surface area (Å²) >= 11 is 0.853. The molecule has 4 saturated heterocycles. The summed E-state index contributed by atoms with van der Waals surface area (Å²) in [6.45, 7) is 10.8. The summed E-state index contributed by atoms with van der Waals surface area (Å²) in [5.74, 6) is -15.8. The number of para-hydroxylation sites is 2. The van der Waals surface area contributed by atoms with Gasteiger partial charge in [0.25, 0.3) is 0 Å². The Morgan fingerprint density at radius 1 is 0.530 bits per heavy atom. The molecule has 9 rings (SSSR count). The second-order valence-corrected chi connectivity index (χ2v) is 36.6. The van der Waals surface area contributed by atoms with Gasteiger partial charge < -0.3 is 114 Å². The summed E-state index contributed by atoms with van der Waals surface area (Å²) in [5.41, 5.74) is 14.9. The number of hydrogen-bond donors (Lipinski definition) is 16. The van der Waals surface area contributed by atoms with Crippen molar-refractivity contribution in [3.05, 3.63) is 102 Å². The molecule has 0 radical (unpaired) electrons. The Morgan fingerprint density at radius 2 is 1.06 bits per heavy atom. The van der Waals surface area contributed by atoms with Crippen LogP contribution in [0.4, 0.5) is 0 Å². The Hall–Kier alpha value is -12.2. The molecule has 0 saturated carbocycles. The van der Waals surface area contributed by atoms with E-state index in [2.05, 4.69) is 63.1 Å². The second kappa shape index (κ2) is 49.3. The normalized spacial score (nSPS) is 25.3. The molecule has 17 amide bonds. The van der Waals surface area contributed by atoms with Crippen LogP contribution in [0.15, 0.2) is 85.2 Å². The maximum Gasteiger partial charge on any atom is 0.246 e. The van der Waals surface area contributed by atoms with Crippen molar-refractivity contribution in [2.45, 2.75) is 249 Å². The molecule has 4 aliphatic heterocycles. The number of aliphatic hydroxyl groups is 1. The van der Waals surface area contributed by atoms with E-state index >= 15 is 28.8 Å². The number of rotatable bonds is 22. The van der Waals surface area contributed by atoms with Crippen LogP contribution in [0.25, 0.3) is 21.8 Å². The number of aromatic hydroxyl groups is 1. The lowest BCUT2D eigenvalue weighted by Gasteiger charge is -2.36. The Labute approximate surface area is 772 Å². The van der Waals surface area contributed by atoms with E-state index in [1.54, 1.807) is 75.3 Å². The number of likely N-dealkylation sites (N-methyl/N-ethyl adjacent to an activating group) is 3. The van der Waals surface area contributed by atoms with Gasteiger partial charge in [0.05, 0.1) is 31.4 Å². The van der Waals surface area contributed by atoms with E-state index in [1.165, 1.54) is 62.1 Å². The number of thioether (sulfide) groups is 1. The van der Waals surface area contributed by atoms with E-state index in [9.17, 15) is 63.0 Å². The number of benzene rings is 3. The fourth-order valence-electron chi connectivity index (χ4n) is 17.1. The van der Waals surface area contributed by atoms with Crippen LogP contribution in [-0.4, -0.2) is 313 Å². The lowest BCUT2D eigenvalue weighted by molar-refractivity contribution is -0.149. The fourth-order valence-corrected chi connectivity index (χ4v) is 18.0. The van der Waals surface area contributed by atoms with Crippen LogP contribution in [-0.2, 0) is 101 Å². The van der Waals surface area contributed by atoms with E-state index < -0.39 is 218 Å². The number of nitrogens with two attached hydrogens (primary N) is 2. The van der Waals surface area contributed by atoms with Crippen LogP contribution in [0.3, 0.4) is 0 Å². The molecule has 0 unspecified atom stereocenters. The summed E-state index contributed by atoms with van der Waals surface area (Å²) in [6, 6.07) is 1.13. The van der Waals surface area contributed by atoms with Crippen molar-refractivity contribution >= 4 is 134 Å². The van der Waals surface area contributed by atoms with Gasteiger partial charge in [0.2, 0.25) is 100 Å². The van der Waals surface area contributed by atoms with Gasteiger partial charge in [0.1, 0.15) is 84.3 Å². The molecule has 0 bridgehead atoms. The first-order chi connectivity index (χ1) is 62.9. The van der Waals surface area contributed by atoms with Crippen molar-refractivity contribution < 1.29 is 91.7 Å². The van der Waals surface area contributed by atoms with Crippen molar-refractivity contribution in [1.82, 2.24) is 92.5 Å². The molecule has 6 heterocycles. The zero-order valence-electron chi connectivity index (χ0n) is 77.0. The Balaban J connectivity index is 1.07. The summed E-state index contributed by atoms with van der Waals surface area (Å²) in [7, 11) is 4.08. The number of hydrogen-bond acceptors (Lipinski definition) is 21. The highest BCUT2D eigenvalue weighted by molar-refractivity contribution is 8.00. The quantitative estimate of drug-likeness (QED) is 0.0434. The number of unbranched alkanes of at least 4 members (excludes halogenated alkanes) is 2. The number of carbonyl (C=O) groups is 17. The molecule has 40 heteroatoms. The van der Waals surface area contributed by atoms with Crippen LogP contribution in [0.1, 0.15) is 161 Å². The highest BCUT2D eigenvalue weighted by Crippen LogP contribution is 2.28. The zero-order valence-corrected chi connectivity index (χ0v) is 77.8. The number of phenols is 1. The molecule has 5 aromatic rings. The van der Waals surface area contributed by atoms with Crippen molar-refractivity contribution in [3.8, 4) is 5.75 Å². The molecule has 18 N–H and O–H groups in total. The standard InChI is InChI=1S/C92H132N20O19S/c1-11-13-27-72-85(124)101-64(37-52(3)4)83(122)106-71(82(121)98-48-79(118)110-34-20-15-21-35-110)50-132-51-78(117)100-67(39-55-30-32-58(113)33-31-55)88(127)107(8)54(7)80(119)103-69(43-76(94)115)90(129)111-36-22-29-73(111)86(125)105-70(44-93)84(123)104-66(38-53(5)6)91(130)112-49-59(114)42-75(112)87(126)102-65(40-56-45-95-62-25-18-16-23-60(56)62)81(120)97-47-77(116)99-68(41-57-46-96-63-26-19-17-24-61(57)63)89(128)109(10)74(28-14-12-2)92(131)108(72)9/h16-19,23-26,30-33,45-46,52-54,59,64-75,95-96,113-114H,11-15,20-22,27-29,34-44,47-51,93H2,1-10H3,(H2,94,115)(H,97,120)(H,98,121)(H,99,116)(H,100,117)(H,101,124)(H,102,126)(H,103,119)(H,104,123)(H,105,125)(H,106,122)/t54-,59+,64-,65-,66-,67-,68-,69-,70-,71-,72-,73-,74-,75-/m0/s1. The lowest BCUT2D eigenvalue weighted by Crippen LogP contribution is -2.61. The minimum atomic E-state index is -1.75. The average Bonchev–Trinajstić information content (AvgIpc) is 1.71. The largest absolute Gasteiger partial charge is 0.508 e. The van der Waals surface area contributed by atoms with Crippen LogP contribution < -0.4 is 64.6 Å². The number of phenolic OH excluding ortho intramolecular Hbond substituents is 1. The number of H-pyrrole nitrogens is 2. The van der Waals surface area contributed by atoms with Crippen LogP contribution in [0.2, 0.25) is 0 Å². The van der Waals surface area contributed by atoms with Crippen molar-refractivity contribution in [3.63, 3.8) is 0 Å². The van der Waals surface area contributed by atoms with E-state index in [0.717, 1.165) is 45.7 Å². The Morgan fingerprint density at radius 3 is 1.67 bits per heavy atom. The molecular formula is C92H132N20O19S. The maximum absolute atomic E-state index is 15.6. The van der Waals surface area contributed by atoms with Gasteiger partial charge in [-0.1, -0.05) is 116 Å². The third-order valence-corrected chi connectivity index (χ3v) is 25.6. The third-order valence-electron chi connectivity index (χ3n) is 24.6. The van der Waals surface area contributed by atoms with Crippen LogP contribution in [0, 0.1) is 11.8 Å². The van der Waals surface area contributed by atoms with Gasteiger partial charge in [-0.2, -0.15) is 0 Å². The highest BCUT2D eigenvalue weighted by Gasteiger charge is 2.46. The molecule has 14 atom stereocenters. The highest BCUT2D eigenvalue weighted by atomic mass is 32.2. The molecule has 0 aliphatic carbocycles. The van der Waals surface area contributed by atoms with Gasteiger partial charge in [0.15, 0.2) is 0 Å². The summed E-state index contributed by atoms with van der Waals surface area (Å²) in [5, 5.41) is 50.0. The first-order valence-electron chi connectivity index (χ1n) is 45.7. The summed E-state index contributed by atoms with van der Waals surface area (Å²) in [6.07, 6.45) is 4.87. The smallest absolute Gasteiger partial charge is 0.246 e. The Bertz CT molecular complexity index is 4920. The molecule has 132 heavy (non-hydrogen) atoms. The van der Waals surface area contributed by atoms with Gasteiger partial charge in [-0.15, -0.1) is 11.8 Å². The Kier molecular flexibility index (Phi) is 38.7. The van der Waals surface area contributed by atoms with Gasteiger partial charge in [0, 0.05) is 120 Å². The predicted octanol–water partition coefficient (Wildman–Crippen LogP) is 0.0132. The first kappa shape index (κ1) is 104. The van der Waals surface area contributed by atoms with Crippen molar-refractivity contribution in [2.75, 3.05) is 78.5 Å². The molecule has 3 aromatic carbocycles. The number of nitrogens with zero attached hydrogens (tertiary/aromatic N) is 6. The molecule has 39 nitrogen and oxygen atoms in total. The summed E-state index contributed by atoms with van der Waals surface area (Å²) in [4.78, 5) is 264. The molecule has 4 aliphatic rings. The molecule has 2 aromatic heterocycles. The molecule has 0 spiro atoms. The number of amides is 17. The minimum Gasteiger partial charge on any atom is -0.508 e. The topological polar surface area (TPSA) is 554 Å². The zero-order chi connectivity index (χ0) is 96.3. The van der Waals surface area contributed by atoms with Crippen molar-refractivity contribution in [1.29, 1.82) is 0 Å². The number of fused-ring (bicyclic) bond motifs is 4. The number of nitrogens with one attached hydrogen (secondary N) is 12. The SMILES string of the molecule is CCCC[C@H]1C(=O)N(C)[C@@H](CCCC)C(=O)N[C@@H](CC(C)C)C(=O)N[C@H](C(=O)NCC(=O)N2CCCCC2)CSCC(=O)N[C@@H](Cc2ccc(O)cc2)C(=O)N(C)[C@@H](C)C(=O)N[C@@H](CC(N)=O)C(=O)N2CCC[C@H]2C(=O)N[C@@H](CN)C(=O)N[C@@H](CC(C)C)C(=O)N2C[C@H](O)C[C@H]2C(=O)N[C@@H](Cc2c[nH]c3ccccc23)C(=O)NCC(=O)N[C@@H](Cc2c[nH]c3ccccc23)C(=O)N1C. The maximum atomic E-state index is 15.6. The third kappa shape index (κ3) is 28.4.